The van der Waals surface area contributed by atoms with Crippen LogP contribution in [0.25, 0.3) is 0 Å². The lowest BCUT2D eigenvalue weighted by molar-refractivity contribution is -0.117. The van der Waals surface area contributed by atoms with Gasteiger partial charge in [-0.25, -0.2) is 0 Å². The van der Waals surface area contributed by atoms with E-state index in [-0.39, 0.29) is 12.5 Å². The van der Waals surface area contributed by atoms with E-state index in [0.29, 0.717) is 18.3 Å². The lowest BCUT2D eigenvalue weighted by atomic mass is 9.86. The SMILES string of the molecule is O=C(CC1CC2CCC1C2)Nc1ccccc1N1CCC(CO)CC1. The van der Waals surface area contributed by atoms with Crippen LogP contribution in [0.5, 0.6) is 0 Å². The number of anilines is 2. The Labute approximate surface area is 150 Å². The fourth-order valence-electron chi connectivity index (χ4n) is 5.28. The molecule has 3 unspecified atom stereocenters. The Morgan fingerprint density at radius 3 is 2.60 bits per heavy atom. The van der Waals surface area contributed by atoms with E-state index >= 15 is 0 Å². The number of nitrogens with zero attached hydrogens (tertiary/aromatic N) is 1. The normalized spacial score (nSPS) is 29.2. The molecule has 2 aliphatic carbocycles. The highest BCUT2D eigenvalue weighted by Crippen LogP contribution is 2.49. The lowest BCUT2D eigenvalue weighted by Crippen LogP contribution is -2.35. The number of carbonyl (C=O) groups is 1. The summed E-state index contributed by atoms with van der Waals surface area (Å²) in [5.74, 6) is 2.89. The third-order valence-electron chi connectivity index (χ3n) is 6.72. The summed E-state index contributed by atoms with van der Waals surface area (Å²) >= 11 is 0. The zero-order valence-electron chi connectivity index (χ0n) is 15.0. The van der Waals surface area contributed by atoms with Gasteiger partial charge in [0.05, 0.1) is 11.4 Å². The molecule has 2 N–H and O–H groups in total. The first kappa shape index (κ1) is 16.9. The number of carbonyl (C=O) groups excluding carboxylic acids is 1. The van der Waals surface area contributed by atoms with E-state index in [9.17, 15) is 9.90 Å². The molecule has 4 rings (SSSR count). The van der Waals surface area contributed by atoms with Gasteiger partial charge in [0.15, 0.2) is 0 Å². The van der Waals surface area contributed by atoms with Crippen molar-refractivity contribution in [3.8, 4) is 0 Å². The molecule has 1 saturated heterocycles. The molecule has 0 aromatic heterocycles. The second kappa shape index (κ2) is 7.36. The van der Waals surface area contributed by atoms with Crippen molar-refractivity contribution in [1.29, 1.82) is 0 Å². The average Bonchev–Trinajstić information content (AvgIpc) is 3.25. The molecule has 1 aliphatic heterocycles. The molecule has 1 aromatic rings. The predicted molar refractivity (Wildman–Crippen MR) is 101 cm³/mol. The van der Waals surface area contributed by atoms with Crippen molar-refractivity contribution in [2.75, 3.05) is 29.9 Å². The number of para-hydroxylation sites is 2. The molecule has 0 radical (unpaired) electrons. The van der Waals surface area contributed by atoms with Crippen LogP contribution in [-0.4, -0.2) is 30.7 Å². The van der Waals surface area contributed by atoms with Gasteiger partial charge in [0.2, 0.25) is 5.91 Å². The Morgan fingerprint density at radius 2 is 1.92 bits per heavy atom. The quantitative estimate of drug-likeness (QED) is 0.858. The van der Waals surface area contributed by atoms with Crippen molar-refractivity contribution in [2.45, 2.75) is 44.9 Å². The summed E-state index contributed by atoms with van der Waals surface area (Å²) < 4.78 is 0. The van der Waals surface area contributed by atoms with Crippen molar-refractivity contribution in [2.24, 2.45) is 23.7 Å². The van der Waals surface area contributed by atoms with E-state index in [1.54, 1.807) is 0 Å². The summed E-state index contributed by atoms with van der Waals surface area (Å²) in [5, 5.41) is 12.5. The molecule has 0 spiro atoms. The molecule has 1 aromatic carbocycles. The summed E-state index contributed by atoms with van der Waals surface area (Å²) in [5.41, 5.74) is 2.07. The molecule has 2 saturated carbocycles. The molecule has 2 bridgehead atoms. The standard InChI is InChI=1S/C21H30N2O2/c24-14-15-7-9-23(10-8-15)20-4-2-1-3-19(20)22-21(25)13-18-12-16-5-6-17(18)11-16/h1-4,15-18,24H,5-14H2,(H,22,25). The molecule has 3 fully saturated rings. The molecule has 136 valence electrons. The van der Waals surface area contributed by atoms with E-state index in [2.05, 4.69) is 16.3 Å². The van der Waals surface area contributed by atoms with Crippen molar-refractivity contribution < 1.29 is 9.90 Å². The second-order valence-corrected chi connectivity index (χ2v) is 8.32. The topological polar surface area (TPSA) is 52.6 Å². The highest BCUT2D eigenvalue weighted by atomic mass is 16.3. The number of amides is 1. The first-order chi connectivity index (χ1) is 12.2. The van der Waals surface area contributed by atoms with Gasteiger partial charge in [-0.05, 0) is 67.9 Å². The van der Waals surface area contributed by atoms with Gasteiger partial charge in [-0.1, -0.05) is 18.6 Å². The van der Waals surface area contributed by atoms with Crippen LogP contribution in [0.2, 0.25) is 0 Å². The van der Waals surface area contributed by atoms with Crippen LogP contribution in [0.3, 0.4) is 0 Å². The summed E-state index contributed by atoms with van der Waals surface area (Å²) in [4.78, 5) is 15.0. The Hall–Kier alpha value is -1.55. The van der Waals surface area contributed by atoms with Gasteiger partial charge in [0, 0.05) is 26.1 Å². The van der Waals surface area contributed by atoms with E-state index < -0.39 is 0 Å². The number of benzene rings is 1. The van der Waals surface area contributed by atoms with Crippen LogP contribution in [0.4, 0.5) is 11.4 Å². The minimum Gasteiger partial charge on any atom is -0.396 e. The third-order valence-corrected chi connectivity index (χ3v) is 6.72. The number of hydrogen-bond donors (Lipinski definition) is 2. The van der Waals surface area contributed by atoms with Gasteiger partial charge < -0.3 is 15.3 Å². The summed E-state index contributed by atoms with van der Waals surface area (Å²) in [7, 11) is 0. The average molecular weight is 342 g/mol. The molecule has 1 heterocycles. The Morgan fingerprint density at radius 1 is 1.12 bits per heavy atom. The van der Waals surface area contributed by atoms with Gasteiger partial charge in [-0.15, -0.1) is 0 Å². The number of nitrogens with one attached hydrogen (secondary N) is 1. The van der Waals surface area contributed by atoms with E-state index in [0.717, 1.165) is 49.1 Å². The molecule has 4 heteroatoms. The number of rotatable bonds is 5. The van der Waals surface area contributed by atoms with Crippen molar-refractivity contribution >= 4 is 17.3 Å². The Kier molecular flexibility index (Phi) is 4.98. The van der Waals surface area contributed by atoms with E-state index in [4.69, 9.17) is 0 Å². The maximum Gasteiger partial charge on any atom is 0.224 e. The fourth-order valence-corrected chi connectivity index (χ4v) is 5.28. The molecule has 4 nitrogen and oxygen atoms in total. The maximum absolute atomic E-state index is 12.6. The van der Waals surface area contributed by atoms with Gasteiger partial charge in [-0.3, -0.25) is 4.79 Å². The minimum absolute atomic E-state index is 0.176. The number of aliphatic hydroxyl groups is 1. The molecule has 25 heavy (non-hydrogen) atoms. The number of fused-ring (bicyclic) bond motifs is 2. The number of hydrogen-bond acceptors (Lipinski definition) is 3. The summed E-state index contributed by atoms with van der Waals surface area (Å²) in [6, 6.07) is 8.16. The van der Waals surface area contributed by atoms with Crippen LogP contribution in [0.1, 0.15) is 44.9 Å². The largest absolute Gasteiger partial charge is 0.396 e. The third kappa shape index (κ3) is 3.69. The lowest BCUT2D eigenvalue weighted by Gasteiger charge is -2.34. The first-order valence-corrected chi connectivity index (χ1v) is 9.97. The highest BCUT2D eigenvalue weighted by Gasteiger charge is 2.40. The van der Waals surface area contributed by atoms with Crippen molar-refractivity contribution in [1.82, 2.24) is 0 Å². The minimum atomic E-state index is 0.176. The Bertz CT molecular complexity index is 610. The van der Waals surface area contributed by atoms with E-state index in [1.807, 2.05) is 18.2 Å². The van der Waals surface area contributed by atoms with Crippen LogP contribution < -0.4 is 10.2 Å². The van der Waals surface area contributed by atoms with Gasteiger partial charge in [-0.2, -0.15) is 0 Å². The first-order valence-electron chi connectivity index (χ1n) is 9.97. The van der Waals surface area contributed by atoms with Gasteiger partial charge >= 0.3 is 0 Å². The highest BCUT2D eigenvalue weighted by molar-refractivity contribution is 5.94. The second-order valence-electron chi connectivity index (χ2n) is 8.32. The van der Waals surface area contributed by atoms with Gasteiger partial charge in [0.25, 0.3) is 0 Å². The maximum atomic E-state index is 12.6. The monoisotopic (exact) mass is 342 g/mol. The van der Waals surface area contributed by atoms with Crippen LogP contribution in [0.15, 0.2) is 24.3 Å². The molecule has 3 aliphatic rings. The molecule has 3 atom stereocenters. The van der Waals surface area contributed by atoms with Gasteiger partial charge in [0.1, 0.15) is 0 Å². The number of aliphatic hydroxyl groups excluding tert-OH is 1. The van der Waals surface area contributed by atoms with Crippen LogP contribution in [0, 0.1) is 23.7 Å². The Balaban J connectivity index is 1.38. The van der Waals surface area contributed by atoms with Crippen LogP contribution in [-0.2, 0) is 4.79 Å². The smallest absolute Gasteiger partial charge is 0.224 e. The van der Waals surface area contributed by atoms with Crippen molar-refractivity contribution in [3.63, 3.8) is 0 Å². The van der Waals surface area contributed by atoms with Crippen LogP contribution >= 0.6 is 0 Å². The van der Waals surface area contributed by atoms with Crippen molar-refractivity contribution in [3.05, 3.63) is 24.3 Å². The van der Waals surface area contributed by atoms with E-state index in [1.165, 1.54) is 25.7 Å². The number of piperidine rings is 1. The molecule has 1 amide bonds. The zero-order valence-corrected chi connectivity index (χ0v) is 15.0. The predicted octanol–water partition coefficient (Wildman–Crippen LogP) is 3.66. The molecular weight excluding hydrogens is 312 g/mol. The summed E-state index contributed by atoms with van der Waals surface area (Å²) in [6.45, 7) is 2.19. The fraction of sp³-hybridized carbons (Fsp3) is 0.667. The summed E-state index contributed by atoms with van der Waals surface area (Å²) in [6.07, 6.45) is 8.05. The molecular formula is C21H30N2O2. The zero-order chi connectivity index (χ0) is 17.2.